The highest BCUT2D eigenvalue weighted by Crippen LogP contribution is 2.21. The fraction of sp³-hybridized carbons (Fsp3) is 0.143. The molecule has 3 rings (SSSR count). The molecule has 2 N–H and O–H groups in total. The predicted molar refractivity (Wildman–Crippen MR) is 80.6 cm³/mol. The van der Waals surface area contributed by atoms with Crippen molar-refractivity contribution in [3.8, 4) is 5.75 Å². The minimum Gasteiger partial charge on any atom is -0.507 e. The zero-order valence-electron chi connectivity index (χ0n) is 12.2. The van der Waals surface area contributed by atoms with E-state index in [9.17, 15) is 19.5 Å². The lowest BCUT2D eigenvalue weighted by atomic mass is 10.2. The molecule has 118 valence electrons. The van der Waals surface area contributed by atoms with Crippen molar-refractivity contribution in [2.75, 3.05) is 5.32 Å². The first-order valence-electron chi connectivity index (χ1n) is 6.56. The van der Waals surface area contributed by atoms with Gasteiger partial charge in [-0.25, -0.2) is 4.79 Å². The van der Waals surface area contributed by atoms with E-state index in [2.05, 4.69) is 10.5 Å². The number of aryl methyl sites for hydroxylation is 1. The number of hydrogen-bond donors (Lipinski definition) is 2. The molecule has 0 saturated carbocycles. The third-order valence-corrected chi connectivity index (χ3v) is 3.46. The molecule has 2 heterocycles. The summed E-state index contributed by atoms with van der Waals surface area (Å²) in [4.78, 5) is 36.2. The van der Waals surface area contributed by atoms with Crippen molar-refractivity contribution in [3.05, 3.63) is 50.7 Å². The number of phenols is 1. The number of nitrogens with one attached hydrogen (secondary N) is 1. The van der Waals surface area contributed by atoms with Gasteiger partial charge in [-0.05, 0) is 12.1 Å². The Balaban J connectivity index is 2.12. The van der Waals surface area contributed by atoms with E-state index in [0.29, 0.717) is 0 Å². The zero-order chi connectivity index (χ0) is 16.7. The second-order valence-electron chi connectivity index (χ2n) is 4.89. The van der Waals surface area contributed by atoms with Crippen molar-refractivity contribution in [2.45, 2.75) is 0 Å². The van der Waals surface area contributed by atoms with Gasteiger partial charge >= 0.3 is 5.69 Å². The van der Waals surface area contributed by atoms with Crippen LogP contribution in [0.25, 0.3) is 11.0 Å². The quantitative estimate of drug-likeness (QED) is 0.696. The van der Waals surface area contributed by atoms with Crippen molar-refractivity contribution in [2.24, 2.45) is 14.1 Å². The molecule has 9 heteroatoms. The average molecular weight is 316 g/mol. The van der Waals surface area contributed by atoms with Gasteiger partial charge in [0.1, 0.15) is 11.1 Å². The maximum Gasteiger partial charge on any atom is 0.332 e. The van der Waals surface area contributed by atoms with Gasteiger partial charge in [0.05, 0.1) is 5.56 Å². The first-order valence-corrected chi connectivity index (χ1v) is 6.56. The van der Waals surface area contributed by atoms with Crippen LogP contribution in [0.1, 0.15) is 10.4 Å². The van der Waals surface area contributed by atoms with Gasteiger partial charge in [-0.3, -0.25) is 24.0 Å². The molecule has 2 aromatic heterocycles. The third kappa shape index (κ3) is 2.18. The van der Waals surface area contributed by atoms with Gasteiger partial charge < -0.3 is 9.63 Å². The highest BCUT2D eigenvalue weighted by atomic mass is 16.5. The van der Waals surface area contributed by atoms with Gasteiger partial charge in [0.2, 0.25) is 5.88 Å². The smallest absolute Gasteiger partial charge is 0.332 e. The molecule has 0 unspecified atom stereocenters. The first kappa shape index (κ1) is 14.6. The number of amides is 1. The fourth-order valence-electron chi connectivity index (χ4n) is 2.20. The van der Waals surface area contributed by atoms with Crippen LogP contribution in [-0.2, 0) is 14.1 Å². The molecular formula is C14H12N4O5. The Bertz CT molecular complexity index is 1040. The molecule has 0 saturated heterocycles. The molecular weight excluding hydrogens is 304 g/mol. The second kappa shape index (κ2) is 5.13. The van der Waals surface area contributed by atoms with Crippen molar-refractivity contribution < 1.29 is 14.4 Å². The molecule has 0 fully saturated rings. The normalized spacial score (nSPS) is 10.9. The lowest BCUT2D eigenvalue weighted by molar-refractivity contribution is 0.102. The number of benzene rings is 1. The largest absolute Gasteiger partial charge is 0.507 e. The Labute approximate surface area is 128 Å². The van der Waals surface area contributed by atoms with Crippen LogP contribution in [-0.4, -0.2) is 25.3 Å². The monoisotopic (exact) mass is 316 g/mol. The molecule has 0 atom stereocenters. The lowest BCUT2D eigenvalue weighted by Gasteiger charge is -2.04. The number of fused-ring (bicyclic) bond motifs is 1. The lowest BCUT2D eigenvalue weighted by Crippen LogP contribution is -2.37. The molecule has 9 nitrogen and oxygen atoms in total. The molecule has 1 amide bonds. The number of anilines is 1. The summed E-state index contributed by atoms with van der Waals surface area (Å²) in [5, 5.41) is 15.7. The van der Waals surface area contributed by atoms with Crippen LogP contribution in [0.15, 0.2) is 38.4 Å². The van der Waals surface area contributed by atoms with Crippen LogP contribution in [0.5, 0.6) is 5.75 Å². The Morgan fingerprint density at radius 3 is 2.61 bits per heavy atom. The summed E-state index contributed by atoms with van der Waals surface area (Å²) in [5.41, 5.74) is -1.17. The third-order valence-electron chi connectivity index (χ3n) is 3.46. The Hall–Kier alpha value is -3.36. The van der Waals surface area contributed by atoms with Crippen LogP contribution < -0.4 is 16.6 Å². The van der Waals surface area contributed by atoms with E-state index in [0.717, 1.165) is 9.13 Å². The van der Waals surface area contributed by atoms with Crippen LogP contribution in [0, 0.1) is 0 Å². The highest BCUT2D eigenvalue weighted by molar-refractivity contribution is 6.08. The minimum absolute atomic E-state index is 0.0127. The summed E-state index contributed by atoms with van der Waals surface area (Å²) < 4.78 is 7.00. The Kier molecular flexibility index (Phi) is 3.25. The number of nitrogens with zero attached hydrogens (tertiary/aromatic N) is 3. The zero-order valence-corrected chi connectivity index (χ0v) is 12.2. The average Bonchev–Trinajstić information content (AvgIpc) is 2.95. The maximum absolute atomic E-state index is 12.2. The number of carbonyl (C=O) groups excluding carboxylic acids is 1. The van der Waals surface area contributed by atoms with Gasteiger partial charge in [0.25, 0.3) is 11.5 Å². The molecule has 1 aromatic carbocycles. The summed E-state index contributed by atoms with van der Waals surface area (Å²) in [7, 11) is 2.74. The Morgan fingerprint density at radius 1 is 1.22 bits per heavy atom. The fourth-order valence-corrected chi connectivity index (χ4v) is 2.20. The molecule has 0 aliphatic heterocycles. The van der Waals surface area contributed by atoms with E-state index >= 15 is 0 Å². The molecule has 0 bridgehead atoms. The van der Waals surface area contributed by atoms with E-state index in [4.69, 9.17) is 4.52 Å². The maximum atomic E-state index is 12.2. The second-order valence-corrected chi connectivity index (χ2v) is 4.89. The highest BCUT2D eigenvalue weighted by Gasteiger charge is 2.21. The molecule has 0 radical (unpaired) electrons. The minimum atomic E-state index is -0.669. The summed E-state index contributed by atoms with van der Waals surface area (Å²) >= 11 is 0. The van der Waals surface area contributed by atoms with E-state index in [1.807, 2.05) is 0 Å². The number of hydrogen-bond acceptors (Lipinski definition) is 6. The number of phenolic OH excluding ortho intramolecular Hbond substituents is 1. The van der Waals surface area contributed by atoms with Crippen molar-refractivity contribution in [1.29, 1.82) is 0 Å². The van der Waals surface area contributed by atoms with Crippen LogP contribution in [0.4, 0.5) is 5.88 Å². The molecule has 3 aromatic rings. The molecule has 0 spiro atoms. The van der Waals surface area contributed by atoms with E-state index < -0.39 is 17.2 Å². The molecule has 23 heavy (non-hydrogen) atoms. The van der Waals surface area contributed by atoms with Gasteiger partial charge in [-0.15, -0.1) is 0 Å². The topological polar surface area (TPSA) is 119 Å². The van der Waals surface area contributed by atoms with Gasteiger partial charge in [0, 0.05) is 14.1 Å². The molecule has 0 aliphatic carbocycles. The van der Waals surface area contributed by atoms with Gasteiger partial charge in [-0.2, -0.15) is 0 Å². The van der Waals surface area contributed by atoms with Gasteiger partial charge in [-0.1, -0.05) is 17.3 Å². The summed E-state index contributed by atoms with van der Waals surface area (Å²) in [6.45, 7) is 0. The number of rotatable bonds is 2. The van der Waals surface area contributed by atoms with Gasteiger partial charge in [0.15, 0.2) is 5.65 Å². The van der Waals surface area contributed by atoms with E-state index in [1.54, 1.807) is 12.1 Å². The van der Waals surface area contributed by atoms with Crippen molar-refractivity contribution >= 4 is 22.8 Å². The van der Waals surface area contributed by atoms with Crippen LogP contribution >= 0.6 is 0 Å². The Morgan fingerprint density at radius 2 is 1.91 bits per heavy atom. The number of carbonyl (C=O) groups is 1. The SMILES string of the molecule is Cn1c(=O)c2c(NC(=O)c3ccccc3O)onc2n(C)c1=O. The summed E-state index contributed by atoms with van der Waals surface area (Å²) in [6.07, 6.45) is 0. The summed E-state index contributed by atoms with van der Waals surface area (Å²) in [6, 6.07) is 5.92. The van der Waals surface area contributed by atoms with E-state index in [1.165, 1.54) is 26.2 Å². The van der Waals surface area contributed by atoms with Crippen LogP contribution in [0.3, 0.4) is 0 Å². The summed E-state index contributed by atoms with van der Waals surface area (Å²) in [5.74, 6) is -1.07. The molecule has 0 aliphatic rings. The number of aromatic nitrogens is 3. The first-order chi connectivity index (χ1) is 10.9. The van der Waals surface area contributed by atoms with Crippen molar-refractivity contribution in [1.82, 2.24) is 14.3 Å². The van der Waals surface area contributed by atoms with E-state index in [-0.39, 0.29) is 28.2 Å². The number of para-hydroxylation sites is 1. The predicted octanol–water partition coefficient (Wildman–Crippen LogP) is 0.183. The van der Waals surface area contributed by atoms with Crippen LogP contribution in [0.2, 0.25) is 0 Å². The standard InChI is InChI=1S/C14H12N4O5/c1-17-10-9(13(21)18(2)14(17)22)12(23-16-10)15-11(20)7-5-3-4-6-8(7)19/h3-6,19H,1-2H3,(H,15,20). The van der Waals surface area contributed by atoms with Crippen molar-refractivity contribution in [3.63, 3.8) is 0 Å². The number of aromatic hydroxyl groups is 1.